The third-order valence-electron chi connectivity index (χ3n) is 28.9. The standard InChI is InChI=1S/C130H96N2/c1-127(2,3)98-66-70-100(71-67-98)129(102-65-56-87-28-6-7-33-96(87)84-102)119-49-20-18-44-115(119)125-121(129)52-26-54-123(125)131(103-74-57-92(58-75-103)110-46-22-35-88-29-8-13-39-107(88)110)106-80-63-95(64-81-106)117-83-86(82-97-34-12-16-42-113(97)117)85-128(4,5)99-68-72-101(73-69-99)130(118-51-25-38-91-32-11-17-43-114(91)118)120-50-21-19-45-116(120)126-122(130)53-27-55-124(126)132(104-76-59-93(60-77-104)111-47-23-36-89-30-9-14-40-108(89)111)105-78-61-94(62-79-105)112-48-24-37-90-31-10-15-41-109(90)112/h6-84H,85H2,1-5H3. The van der Waals surface area contributed by atoms with Gasteiger partial charge in [0.25, 0.3) is 0 Å². The lowest BCUT2D eigenvalue weighted by Crippen LogP contribution is -2.29. The van der Waals surface area contributed by atoms with Crippen LogP contribution in [0.3, 0.4) is 0 Å². The van der Waals surface area contributed by atoms with Crippen LogP contribution < -0.4 is 9.80 Å². The Kier molecular flexibility index (Phi) is 19.1. The molecule has 0 radical (unpaired) electrons. The zero-order valence-electron chi connectivity index (χ0n) is 74.7. The first-order valence-corrected chi connectivity index (χ1v) is 46.5. The van der Waals surface area contributed by atoms with Gasteiger partial charge in [-0.1, -0.05) is 447 Å². The number of anilines is 6. The van der Waals surface area contributed by atoms with Crippen LogP contribution in [0.5, 0.6) is 0 Å². The Labute approximate surface area is 773 Å². The van der Waals surface area contributed by atoms with E-state index in [1.807, 2.05) is 0 Å². The SMILES string of the molecule is CC(C)(C)c1ccc(C2(c3ccc4ccccc4c3)c3ccccc3-c3c(N(c4ccc(-c5cccc6ccccc56)cc4)c4ccc(-c5cc(CC(C)(C)c6ccc(C7(c8cccc9ccccc89)c8ccccc8-c8c(N(c9ccc(-c%10cccc%11ccccc%10%11)cc9)c9ccc(-c%10cccc%11ccccc%10%11)cc9)cccc87)cc6)cc6ccccc56)cc4)cccc32)cc1. The van der Waals surface area contributed by atoms with Crippen molar-refractivity contribution in [1.29, 1.82) is 0 Å². The number of nitrogens with zero attached hydrogens (tertiary/aromatic N) is 2. The van der Waals surface area contributed by atoms with Crippen LogP contribution in [0.4, 0.5) is 34.1 Å². The van der Waals surface area contributed by atoms with Gasteiger partial charge in [-0.3, -0.25) is 0 Å². The topological polar surface area (TPSA) is 6.48 Å². The second-order valence-corrected chi connectivity index (χ2v) is 37.8. The maximum atomic E-state index is 2.52. The fourth-order valence-corrected chi connectivity index (χ4v) is 22.7. The molecule has 0 fully saturated rings. The van der Waals surface area contributed by atoms with E-state index in [9.17, 15) is 0 Å². The molecule has 0 spiro atoms. The van der Waals surface area contributed by atoms with E-state index in [1.54, 1.807) is 0 Å². The highest BCUT2D eigenvalue weighted by atomic mass is 15.2. The third-order valence-corrected chi connectivity index (χ3v) is 28.9. The molecule has 0 saturated heterocycles. The van der Waals surface area contributed by atoms with Crippen molar-refractivity contribution in [3.05, 3.63) is 540 Å². The lowest BCUT2D eigenvalue weighted by molar-refractivity contribution is 0.522. The molecule has 0 N–H and O–H groups in total. The molecule has 0 aromatic heterocycles. The summed E-state index contributed by atoms with van der Waals surface area (Å²) in [6.45, 7) is 11.8. The van der Waals surface area contributed by atoms with Gasteiger partial charge in [0, 0.05) is 33.9 Å². The minimum Gasteiger partial charge on any atom is -0.310 e. The second kappa shape index (κ2) is 31.7. The van der Waals surface area contributed by atoms with Crippen LogP contribution in [0.1, 0.15) is 95.8 Å². The molecule has 0 saturated carbocycles. The molecule has 626 valence electrons. The first kappa shape index (κ1) is 79.4. The van der Waals surface area contributed by atoms with Crippen LogP contribution in [0.15, 0.2) is 479 Å². The van der Waals surface area contributed by atoms with Gasteiger partial charge < -0.3 is 9.80 Å². The van der Waals surface area contributed by atoms with Gasteiger partial charge in [0.05, 0.1) is 22.2 Å². The van der Waals surface area contributed by atoms with Crippen LogP contribution >= 0.6 is 0 Å². The minimum atomic E-state index is -0.744. The van der Waals surface area contributed by atoms with Crippen molar-refractivity contribution in [3.63, 3.8) is 0 Å². The summed E-state index contributed by atoms with van der Waals surface area (Å²) in [5, 5.41) is 14.7. The summed E-state index contributed by atoms with van der Waals surface area (Å²) in [6.07, 6.45) is 0.804. The quantitative estimate of drug-likeness (QED) is 0.0896. The molecule has 2 aliphatic carbocycles. The van der Waals surface area contributed by atoms with E-state index in [1.165, 1.54) is 187 Å². The number of rotatable bonds is 17. The highest BCUT2D eigenvalue weighted by Crippen LogP contribution is 2.63. The molecular formula is C130H96N2. The molecule has 22 aromatic rings. The van der Waals surface area contributed by atoms with Gasteiger partial charge in [-0.15, -0.1) is 0 Å². The van der Waals surface area contributed by atoms with Gasteiger partial charge in [-0.05, 0) is 265 Å². The van der Waals surface area contributed by atoms with E-state index in [-0.39, 0.29) is 10.8 Å². The lowest BCUT2D eigenvalue weighted by Gasteiger charge is -2.36. The van der Waals surface area contributed by atoms with Gasteiger partial charge in [0.15, 0.2) is 0 Å². The van der Waals surface area contributed by atoms with Gasteiger partial charge in [0.1, 0.15) is 0 Å². The molecule has 2 heteroatoms. The monoisotopic (exact) mass is 1680 g/mol. The average Bonchev–Trinajstić information content (AvgIpc) is 1.53. The molecule has 2 unspecified atom stereocenters. The van der Waals surface area contributed by atoms with Crippen molar-refractivity contribution in [3.8, 4) is 66.8 Å². The number of hydrogen-bond donors (Lipinski definition) is 0. The van der Waals surface area contributed by atoms with Gasteiger partial charge in [-0.2, -0.15) is 0 Å². The number of benzene rings is 22. The fourth-order valence-electron chi connectivity index (χ4n) is 22.7. The van der Waals surface area contributed by atoms with Crippen LogP contribution in [0.2, 0.25) is 0 Å². The van der Waals surface area contributed by atoms with E-state index < -0.39 is 10.8 Å². The highest BCUT2D eigenvalue weighted by molar-refractivity contribution is 6.06. The molecule has 132 heavy (non-hydrogen) atoms. The Morgan fingerprint density at radius 2 is 0.523 bits per heavy atom. The van der Waals surface area contributed by atoms with Gasteiger partial charge >= 0.3 is 0 Å². The maximum Gasteiger partial charge on any atom is 0.0720 e. The molecule has 2 atom stereocenters. The molecule has 2 aliphatic rings. The lowest BCUT2D eigenvalue weighted by atomic mass is 9.66. The zero-order chi connectivity index (χ0) is 88.4. The molecule has 22 aromatic carbocycles. The van der Waals surface area contributed by atoms with Crippen LogP contribution in [0, 0.1) is 0 Å². The second-order valence-electron chi connectivity index (χ2n) is 37.8. The molecule has 0 aliphatic heterocycles. The molecule has 0 heterocycles. The van der Waals surface area contributed by atoms with E-state index in [4.69, 9.17) is 0 Å². The molecule has 0 bridgehead atoms. The van der Waals surface area contributed by atoms with Gasteiger partial charge in [-0.25, -0.2) is 0 Å². The van der Waals surface area contributed by atoms with Crippen molar-refractivity contribution in [2.24, 2.45) is 0 Å². The van der Waals surface area contributed by atoms with Crippen molar-refractivity contribution >= 4 is 98.8 Å². The van der Waals surface area contributed by atoms with Crippen molar-refractivity contribution in [2.75, 3.05) is 9.80 Å². The summed E-state index contributed by atoms with van der Waals surface area (Å²) in [7, 11) is 0. The summed E-state index contributed by atoms with van der Waals surface area (Å²) in [5.74, 6) is 0. The number of fused-ring (bicyclic) bond motifs is 12. The van der Waals surface area contributed by atoms with Crippen LogP contribution in [0.25, 0.3) is 131 Å². The molecule has 24 rings (SSSR count). The average molecular weight is 1690 g/mol. The summed E-state index contributed by atoms with van der Waals surface area (Å²) >= 11 is 0. The highest BCUT2D eigenvalue weighted by Gasteiger charge is 2.50. The Bertz CT molecular complexity index is 8130. The minimum absolute atomic E-state index is 0.0226. The largest absolute Gasteiger partial charge is 0.310 e. The van der Waals surface area contributed by atoms with Crippen molar-refractivity contribution in [1.82, 2.24) is 0 Å². The maximum absolute atomic E-state index is 2.52. The molecule has 2 nitrogen and oxygen atoms in total. The van der Waals surface area contributed by atoms with E-state index >= 15 is 0 Å². The van der Waals surface area contributed by atoms with E-state index in [2.05, 4.69) is 524 Å². The van der Waals surface area contributed by atoms with E-state index in [0.717, 1.165) is 46.1 Å². The normalized spacial score (nSPS) is 14.5. The molecular weight excluding hydrogens is 1590 g/mol. The smallest absolute Gasteiger partial charge is 0.0720 e. The summed E-state index contributed by atoms with van der Waals surface area (Å²) in [6, 6.07) is 181. The fraction of sp³-hybridized carbons (Fsp3) is 0.0769. The Hall–Kier alpha value is -16.0. The van der Waals surface area contributed by atoms with Crippen LogP contribution in [-0.2, 0) is 28.1 Å². The summed E-state index contributed by atoms with van der Waals surface area (Å²) < 4.78 is 0. The predicted molar refractivity (Wildman–Crippen MR) is 559 cm³/mol. The van der Waals surface area contributed by atoms with Gasteiger partial charge in [0.2, 0.25) is 0 Å². The molecule has 0 amide bonds. The Morgan fingerprint density at radius 1 is 0.205 bits per heavy atom. The summed E-state index contributed by atoms with van der Waals surface area (Å²) in [5.41, 5.74) is 33.1. The Morgan fingerprint density at radius 3 is 0.992 bits per heavy atom. The first-order chi connectivity index (χ1) is 64.8. The predicted octanol–water partition coefficient (Wildman–Crippen LogP) is 34.8. The van der Waals surface area contributed by atoms with Crippen molar-refractivity contribution in [2.45, 2.75) is 62.7 Å². The summed E-state index contributed by atoms with van der Waals surface area (Å²) in [4.78, 5) is 5.03. The van der Waals surface area contributed by atoms with Crippen molar-refractivity contribution < 1.29 is 0 Å². The third kappa shape index (κ3) is 13.0. The first-order valence-electron chi connectivity index (χ1n) is 46.5. The number of hydrogen-bond acceptors (Lipinski definition) is 2. The Balaban J connectivity index is 0.614. The van der Waals surface area contributed by atoms with E-state index in [0.29, 0.717) is 0 Å². The zero-order valence-corrected chi connectivity index (χ0v) is 74.7. The van der Waals surface area contributed by atoms with Crippen LogP contribution in [-0.4, -0.2) is 0 Å².